The molecule has 0 aromatic carbocycles. The summed E-state index contributed by atoms with van der Waals surface area (Å²) in [5, 5.41) is 0. The van der Waals surface area contributed by atoms with E-state index in [0.717, 1.165) is 6.26 Å². The van der Waals surface area contributed by atoms with Gasteiger partial charge in [0.2, 0.25) is 0 Å². The third kappa shape index (κ3) is 1.80. The third-order valence-electron chi connectivity index (χ3n) is 3.81. The van der Waals surface area contributed by atoms with E-state index in [2.05, 4.69) is 0 Å². The molecule has 0 aromatic rings. The van der Waals surface area contributed by atoms with Crippen molar-refractivity contribution < 1.29 is 26.9 Å². The Bertz CT molecular complexity index is 496. The van der Waals surface area contributed by atoms with Gasteiger partial charge in [-0.1, -0.05) is 0 Å². The van der Waals surface area contributed by atoms with Crippen LogP contribution in [0.5, 0.6) is 0 Å². The molecule has 0 amide bonds. The summed E-state index contributed by atoms with van der Waals surface area (Å²) in [6.45, 7) is 3.59. The van der Waals surface area contributed by atoms with Crippen molar-refractivity contribution in [1.82, 2.24) is 0 Å². The van der Waals surface area contributed by atoms with Gasteiger partial charge >= 0.3 is 0 Å². The Morgan fingerprint density at radius 2 is 1.89 bits per heavy atom. The average molecular weight is 276 g/mol. The Balaban J connectivity index is 1.89. The smallest absolute Gasteiger partial charge is 0.264 e. The van der Waals surface area contributed by atoms with Crippen LogP contribution in [0.25, 0.3) is 0 Å². The molecular formula is C11H16O6S. The number of rotatable bonds is 2. The molecule has 1 heterocycles. The Morgan fingerprint density at radius 3 is 2.50 bits per heavy atom. The van der Waals surface area contributed by atoms with Crippen molar-refractivity contribution in [1.29, 1.82) is 0 Å². The van der Waals surface area contributed by atoms with Crippen molar-refractivity contribution in [2.45, 2.75) is 44.4 Å². The molecule has 5 atom stereocenters. The van der Waals surface area contributed by atoms with Gasteiger partial charge in [0.1, 0.15) is 5.78 Å². The fourth-order valence-corrected chi connectivity index (χ4v) is 4.03. The van der Waals surface area contributed by atoms with E-state index in [4.69, 9.17) is 13.7 Å². The van der Waals surface area contributed by atoms with Gasteiger partial charge in [0.15, 0.2) is 5.79 Å². The molecule has 0 radical (unpaired) electrons. The molecule has 7 heteroatoms. The molecule has 0 spiro atoms. The number of Topliss-reactive ketones (excluding diaryl/α,β-unsaturated/α-hetero) is 1. The van der Waals surface area contributed by atoms with E-state index >= 15 is 0 Å². The molecule has 1 saturated heterocycles. The fraction of sp³-hybridized carbons (Fsp3) is 0.909. The highest BCUT2D eigenvalue weighted by Gasteiger charge is 2.66. The second-order valence-electron chi connectivity index (χ2n) is 5.69. The maximum absolute atomic E-state index is 11.9. The molecule has 1 unspecified atom stereocenters. The van der Waals surface area contributed by atoms with Crippen molar-refractivity contribution in [3.63, 3.8) is 0 Å². The number of ketones is 1. The maximum Gasteiger partial charge on any atom is 0.264 e. The normalized spacial score (nSPS) is 45.5. The van der Waals surface area contributed by atoms with Gasteiger partial charge in [0, 0.05) is 12.3 Å². The van der Waals surface area contributed by atoms with Crippen LogP contribution in [-0.2, 0) is 28.6 Å². The van der Waals surface area contributed by atoms with Gasteiger partial charge in [-0.15, -0.1) is 0 Å². The van der Waals surface area contributed by atoms with Crippen LogP contribution in [0.1, 0.15) is 20.3 Å². The topological polar surface area (TPSA) is 78.9 Å². The Morgan fingerprint density at radius 1 is 1.28 bits per heavy atom. The summed E-state index contributed by atoms with van der Waals surface area (Å²) in [4.78, 5) is 11.9. The van der Waals surface area contributed by atoms with Gasteiger partial charge in [-0.2, -0.15) is 8.42 Å². The number of ether oxygens (including phenoxy) is 2. The van der Waals surface area contributed by atoms with E-state index in [1.54, 1.807) is 13.8 Å². The third-order valence-corrected chi connectivity index (χ3v) is 4.38. The first-order valence-electron chi connectivity index (χ1n) is 5.94. The zero-order valence-corrected chi connectivity index (χ0v) is 11.3. The van der Waals surface area contributed by atoms with E-state index in [1.165, 1.54) is 0 Å². The van der Waals surface area contributed by atoms with Gasteiger partial charge < -0.3 is 9.47 Å². The molecule has 2 saturated carbocycles. The minimum absolute atomic E-state index is 0.0104. The zero-order chi connectivity index (χ0) is 13.3. The van der Waals surface area contributed by atoms with E-state index in [-0.39, 0.29) is 23.9 Å². The van der Waals surface area contributed by atoms with Gasteiger partial charge in [-0.25, -0.2) is 0 Å². The number of hydrogen-bond acceptors (Lipinski definition) is 6. The standard InChI is InChI=1S/C11H16O6S/c1-11(2)15-9-5-4-6(12)7(10(9)16-11)8(5)17-18(3,13)14/h5,7-10H,4H2,1-3H3/t5-,7+,8?,9+,10-/m1/s1. The van der Waals surface area contributed by atoms with Crippen molar-refractivity contribution in [2.75, 3.05) is 6.26 Å². The monoisotopic (exact) mass is 276 g/mol. The van der Waals surface area contributed by atoms with Crippen LogP contribution in [-0.4, -0.2) is 44.6 Å². The Labute approximate surface area is 106 Å². The minimum Gasteiger partial charge on any atom is -0.344 e. The van der Waals surface area contributed by atoms with Crippen LogP contribution in [0.3, 0.4) is 0 Å². The molecule has 2 aliphatic carbocycles. The minimum atomic E-state index is -3.58. The van der Waals surface area contributed by atoms with Crippen LogP contribution in [0.15, 0.2) is 0 Å². The van der Waals surface area contributed by atoms with Crippen LogP contribution < -0.4 is 0 Å². The number of hydrogen-bond donors (Lipinski definition) is 0. The summed E-state index contributed by atoms with van der Waals surface area (Å²) in [6.07, 6.45) is 0.0633. The van der Waals surface area contributed by atoms with E-state index in [9.17, 15) is 13.2 Å². The van der Waals surface area contributed by atoms with Gasteiger partial charge in [0.25, 0.3) is 10.1 Å². The quantitative estimate of drug-likeness (QED) is 0.664. The van der Waals surface area contributed by atoms with E-state index in [0.29, 0.717) is 6.42 Å². The molecule has 1 aliphatic heterocycles. The summed E-state index contributed by atoms with van der Waals surface area (Å²) < 4.78 is 39.0. The lowest BCUT2D eigenvalue weighted by Crippen LogP contribution is -2.35. The second kappa shape index (κ2) is 3.53. The molecule has 0 N–H and O–H groups in total. The molecule has 3 fully saturated rings. The molecule has 0 aromatic heterocycles. The van der Waals surface area contributed by atoms with Crippen molar-refractivity contribution in [2.24, 2.45) is 11.8 Å². The average Bonchev–Trinajstić information content (AvgIpc) is 2.68. The van der Waals surface area contributed by atoms with Crippen LogP contribution in [0, 0.1) is 11.8 Å². The first-order valence-corrected chi connectivity index (χ1v) is 7.76. The predicted molar refractivity (Wildman–Crippen MR) is 60.1 cm³/mol. The largest absolute Gasteiger partial charge is 0.344 e. The molecule has 3 rings (SSSR count). The lowest BCUT2D eigenvalue weighted by atomic mass is 9.94. The lowest BCUT2D eigenvalue weighted by molar-refractivity contribution is -0.165. The van der Waals surface area contributed by atoms with E-state index in [1.807, 2.05) is 0 Å². The summed E-state index contributed by atoms with van der Waals surface area (Å²) in [7, 11) is -3.58. The highest BCUT2D eigenvalue weighted by molar-refractivity contribution is 7.86. The first kappa shape index (κ1) is 12.5. The molecule has 102 valence electrons. The second-order valence-corrected chi connectivity index (χ2v) is 7.29. The Hall–Kier alpha value is -0.500. The maximum atomic E-state index is 11.9. The molecule has 3 aliphatic rings. The highest BCUT2D eigenvalue weighted by Crippen LogP contribution is 2.52. The van der Waals surface area contributed by atoms with Crippen LogP contribution in [0.4, 0.5) is 0 Å². The molecular weight excluding hydrogens is 260 g/mol. The van der Waals surface area contributed by atoms with Crippen LogP contribution >= 0.6 is 0 Å². The predicted octanol–water partition coefficient (Wildman–Crippen LogP) is 0.0701. The van der Waals surface area contributed by atoms with Crippen molar-refractivity contribution in [3.8, 4) is 0 Å². The lowest BCUT2D eigenvalue weighted by Gasteiger charge is -2.23. The summed E-state index contributed by atoms with van der Waals surface area (Å²) >= 11 is 0. The van der Waals surface area contributed by atoms with Gasteiger partial charge in [-0.3, -0.25) is 8.98 Å². The number of fused-ring (bicyclic) bond motifs is 5. The van der Waals surface area contributed by atoms with Gasteiger partial charge in [-0.05, 0) is 13.8 Å². The SMILES string of the molecule is CC1(C)O[C@@H]2[C@H](O1)[C@H]1C(=O)C[C@@H]2C1OS(C)(=O)=O. The van der Waals surface area contributed by atoms with Crippen LogP contribution in [0.2, 0.25) is 0 Å². The first-order chi connectivity index (χ1) is 8.18. The molecule has 6 nitrogen and oxygen atoms in total. The summed E-state index contributed by atoms with van der Waals surface area (Å²) in [5.74, 6) is -1.44. The molecule has 18 heavy (non-hydrogen) atoms. The fourth-order valence-electron chi connectivity index (χ4n) is 3.37. The number of carbonyl (C=O) groups excluding carboxylic acids is 1. The summed E-state index contributed by atoms with van der Waals surface area (Å²) in [5.41, 5.74) is 0. The van der Waals surface area contributed by atoms with E-state index < -0.39 is 27.9 Å². The number of carbonyl (C=O) groups is 1. The Kier molecular flexibility index (Phi) is 2.46. The highest BCUT2D eigenvalue weighted by atomic mass is 32.2. The van der Waals surface area contributed by atoms with Crippen molar-refractivity contribution >= 4 is 15.9 Å². The van der Waals surface area contributed by atoms with Gasteiger partial charge in [0.05, 0.1) is 30.5 Å². The van der Waals surface area contributed by atoms with Crippen molar-refractivity contribution in [3.05, 3.63) is 0 Å². The summed E-state index contributed by atoms with van der Waals surface area (Å²) in [6, 6.07) is 0. The molecule has 2 bridgehead atoms. The zero-order valence-electron chi connectivity index (χ0n) is 10.5.